The van der Waals surface area contributed by atoms with Crippen molar-refractivity contribution in [3.05, 3.63) is 42.1 Å². The minimum atomic E-state index is 0.255. The molecule has 1 aliphatic rings. The van der Waals surface area contributed by atoms with E-state index in [1.807, 2.05) is 23.1 Å². The molecule has 0 spiro atoms. The molecule has 1 aromatic carbocycles. The van der Waals surface area contributed by atoms with Gasteiger partial charge >= 0.3 is 0 Å². The molecule has 1 saturated heterocycles. The van der Waals surface area contributed by atoms with E-state index in [4.69, 9.17) is 0 Å². The number of amides is 1. The van der Waals surface area contributed by atoms with E-state index in [1.165, 1.54) is 5.56 Å². The van der Waals surface area contributed by atoms with Crippen LogP contribution in [0.5, 0.6) is 0 Å². The normalized spacial score (nSPS) is 19.3. The van der Waals surface area contributed by atoms with Gasteiger partial charge in [0.15, 0.2) is 0 Å². The third-order valence-corrected chi connectivity index (χ3v) is 4.53. The van der Waals surface area contributed by atoms with Gasteiger partial charge in [-0.3, -0.25) is 9.78 Å². The molecule has 0 saturated carbocycles. The number of fused-ring (bicyclic) bond motifs is 1. The van der Waals surface area contributed by atoms with Gasteiger partial charge in [-0.2, -0.15) is 0 Å². The third-order valence-electron chi connectivity index (χ3n) is 3.61. The van der Waals surface area contributed by atoms with E-state index in [0.717, 1.165) is 22.8 Å². The summed E-state index contributed by atoms with van der Waals surface area (Å²) >= 11 is 3.47. The molecule has 0 N–H and O–H groups in total. The highest BCUT2D eigenvalue weighted by Crippen LogP contribution is 2.24. The van der Waals surface area contributed by atoms with Crippen molar-refractivity contribution < 1.29 is 4.79 Å². The molecule has 1 aliphatic heterocycles. The van der Waals surface area contributed by atoms with Crippen molar-refractivity contribution in [1.82, 2.24) is 9.88 Å². The number of hydrogen-bond acceptors (Lipinski definition) is 2. The Bertz CT molecular complexity index is 609. The highest BCUT2D eigenvalue weighted by molar-refractivity contribution is 9.09. The number of pyridine rings is 1. The summed E-state index contributed by atoms with van der Waals surface area (Å²) in [6.07, 6.45) is 2.46. The summed E-state index contributed by atoms with van der Waals surface area (Å²) < 4.78 is 0. The maximum atomic E-state index is 12.0. The van der Waals surface area contributed by atoms with Crippen LogP contribution in [0.1, 0.15) is 12.0 Å². The maximum Gasteiger partial charge on any atom is 0.223 e. The molecule has 4 heteroatoms. The number of benzene rings is 1. The van der Waals surface area contributed by atoms with Gasteiger partial charge in [0.25, 0.3) is 0 Å². The number of carbonyl (C=O) groups excluding carboxylic acids is 1. The fourth-order valence-electron chi connectivity index (χ4n) is 2.62. The molecule has 1 aromatic heterocycles. The number of alkyl halides is 1. The van der Waals surface area contributed by atoms with Crippen LogP contribution in [0.4, 0.5) is 0 Å². The molecule has 0 bridgehead atoms. The van der Waals surface area contributed by atoms with E-state index in [2.05, 4.69) is 33.0 Å². The minimum absolute atomic E-state index is 0.255. The SMILES string of the molecule is O=C1CC(CBr)CN1Cc1cccc2ncccc12. The summed E-state index contributed by atoms with van der Waals surface area (Å²) in [6.45, 7) is 1.53. The highest BCUT2D eigenvalue weighted by atomic mass is 79.9. The van der Waals surface area contributed by atoms with Gasteiger partial charge in [-0.05, 0) is 23.6 Å². The zero-order chi connectivity index (χ0) is 13.2. The first-order valence-electron chi connectivity index (χ1n) is 6.44. The average Bonchev–Trinajstić information content (AvgIpc) is 2.80. The number of aromatic nitrogens is 1. The van der Waals surface area contributed by atoms with E-state index in [9.17, 15) is 4.79 Å². The lowest BCUT2D eigenvalue weighted by Gasteiger charge is -2.17. The Hall–Kier alpha value is -1.42. The summed E-state index contributed by atoms with van der Waals surface area (Å²) in [4.78, 5) is 18.3. The van der Waals surface area contributed by atoms with E-state index in [1.54, 1.807) is 6.20 Å². The van der Waals surface area contributed by atoms with Gasteiger partial charge in [-0.25, -0.2) is 0 Å². The van der Waals surface area contributed by atoms with E-state index >= 15 is 0 Å². The Balaban J connectivity index is 1.88. The van der Waals surface area contributed by atoms with Gasteiger partial charge in [-0.1, -0.05) is 34.1 Å². The fraction of sp³-hybridized carbons (Fsp3) is 0.333. The lowest BCUT2D eigenvalue weighted by Crippen LogP contribution is -2.24. The lowest BCUT2D eigenvalue weighted by atomic mass is 10.1. The summed E-state index contributed by atoms with van der Waals surface area (Å²) in [5.74, 6) is 0.700. The van der Waals surface area contributed by atoms with Crippen molar-refractivity contribution in [3.63, 3.8) is 0 Å². The first kappa shape index (κ1) is 12.6. The molecule has 2 heterocycles. The zero-order valence-electron chi connectivity index (χ0n) is 10.6. The molecule has 1 atom stereocenters. The topological polar surface area (TPSA) is 33.2 Å². The van der Waals surface area contributed by atoms with Gasteiger partial charge in [0, 0.05) is 36.4 Å². The van der Waals surface area contributed by atoms with Gasteiger partial charge in [0.05, 0.1) is 5.52 Å². The maximum absolute atomic E-state index is 12.0. The second-order valence-electron chi connectivity index (χ2n) is 4.99. The summed E-state index contributed by atoms with van der Waals surface area (Å²) in [7, 11) is 0. The molecular formula is C15H15BrN2O. The second kappa shape index (κ2) is 5.29. The number of nitrogens with zero attached hydrogens (tertiary/aromatic N) is 2. The van der Waals surface area contributed by atoms with E-state index in [0.29, 0.717) is 18.9 Å². The van der Waals surface area contributed by atoms with E-state index in [-0.39, 0.29) is 5.91 Å². The molecule has 3 rings (SSSR count). The summed E-state index contributed by atoms with van der Waals surface area (Å²) in [5.41, 5.74) is 2.16. The van der Waals surface area contributed by atoms with Crippen molar-refractivity contribution in [2.75, 3.05) is 11.9 Å². The second-order valence-corrected chi connectivity index (χ2v) is 5.63. The van der Waals surface area contributed by atoms with Gasteiger partial charge < -0.3 is 4.90 Å². The summed E-state index contributed by atoms with van der Waals surface area (Å²) in [5, 5.41) is 2.03. The molecule has 0 aliphatic carbocycles. The molecule has 1 unspecified atom stereocenters. The van der Waals surface area contributed by atoms with E-state index < -0.39 is 0 Å². The Morgan fingerprint density at radius 1 is 1.32 bits per heavy atom. The van der Waals surface area contributed by atoms with Crippen LogP contribution in [-0.2, 0) is 11.3 Å². The number of likely N-dealkylation sites (tertiary alicyclic amines) is 1. The smallest absolute Gasteiger partial charge is 0.223 e. The molecule has 98 valence electrons. The van der Waals surface area contributed by atoms with Crippen LogP contribution < -0.4 is 0 Å². The Morgan fingerprint density at radius 3 is 3.00 bits per heavy atom. The largest absolute Gasteiger partial charge is 0.338 e. The van der Waals surface area contributed by atoms with Gasteiger partial charge in [0.1, 0.15) is 0 Å². The van der Waals surface area contributed by atoms with Crippen molar-refractivity contribution in [1.29, 1.82) is 0 Å². The van der Waals surface area contributed by atoms with Crippen molar-refractivity contribution in [2.45, 2.75) is 13.0 Å². The zero-order valence-corrected chi connectivity index (χ0v) is 12.1. The molecule has 0 radical (unpaired) electrons. The highest BCUT2D eigenvalue weighted by Gasteiger charge is 2.28. The Morgan fingerprint density at radius 2 is 2.21 bits per heavy atom. The standard InChI is InChI=1S/C15H15BrN2O/c16-8-11-7-15(19)18(9-11)10-12-3-1-5-14-13(12)4-2-6-17-14/h1-6,11H,7-10H2. The van der Waals surface area contributed by atoms with Gasteiger partial charge in [-0.15, -0.1) is 0 Å². The fourth-order valence-corrected chi connectivity index (χ4v) is 3.05. The Labute approximate surface area is 120 Å². The number of halogens is 1. The monoisotopic (exact) mass is 318 g/mol. The van der Waals surface area contributed by atoms with Crippen LogP contribution in [0.15, 0.2) is 36.5 Å². The lowest BCUT2D eigenvalue weighted by molar-refractivity contribution is -0.128. The van der Waals surface area contributed by atoms with Crippen LogP contribution in [0.3, 0.4) is 0 Å². The predicted octanol–water partition coefficient (Wildman–Crippen LogP) is 2.98. The molecule has 1 amide bonds. The first-order valence-corrected chi connectivity index (χ1v) is 7.56. The third kappa shape index (κ3) is 2.50. The molecule has 19 heavy (non-hydrogen) atoms. The first-order chi connectivity index (χ1) is 9.28. The average molecular weight is 319 g/mol. The summed E-state index contributed by atoms with van der Waals surface area (Å²) in [6, 6.07) is 10.1. The van der Waals surface area contributed by atoms with Crippen LogP contribution >= 0.6 is 15.9 Å². The Kier molecular flexibility index (Phi) is 3.51. The predicted molar refractivity (Wildman–Crippen MR) is 79.1 cm³/mol. The quantitative estimate of drug-likeness (QED) is 0.815. The molecule has 2 aromatic rings. The number of hydrogen-bond donors (Lipinski definition) is 0. The van der Waals surface area contributed by atoms with Crippen molar-refractivity contribution in [2.24, 2.45) is 5.92 Å². The number of carbonyl (C=O) groups is 1. The van der Waals surface area contributed by atoms with Crippen molar-refractivity contribution in [3.8, 4) is 0 Å². The van der Waals surface area contributed by atoms with Crippen molar-refractivity contribution >= 4 is 32.7 Å². The van der Waals surface area contributed by atoms with Gasteiger partial charge in [0.2, 0.25) is 5.91 Å². The van der Waals surface area contributed by atoms with Crippen LogP contribution in [0, 0.1) is 5.92 Å². The van der Waals surface area contributed by atoms with Crippen LogP contribution in [0.25, 0.3) is 10.9 Å². The van der Waals surface area contributed by atoms with Crippen LogP contribution in [0.2, 0.25) is 0 Å². The molecule has 3 nitrogen and oxygen atoms in total. The molecular weight excluding hydrogens is 304 g/mol. The number of rotatable bonds is 3. The van der Waals surface area contributed by atoms with Crippen LogP contribution in [-0.4, -0.2) is 27.7 Å². The minimum Gasteiger partial charge on any atom is -0.338 e. The molecule has 1 fully saturated rings.